The van der Waals surface area contributed by atoms with Gasteiger partial charge in [-0.25, -0.2) is 19.2 Å². The second kappa shape index (κ2) is 30.7. The number of aliphatic hydroxyl groups excluding tert-OH is 4. The number of ether oxygens (including phenoxy) is 5. The molecule has 0 radical (unpaired) electrons. The van der Waals surface area contributed by atoms with Gasteiger partial charge in [0.1, 0.15) is 41.7 Å². The van der Waals surface area contributed by atoms with Crippen molar-refractivity contribution in [3.8, 4) is 0 Å². The SMILES string of the molecule is CC(=O)O[C@H]1C[C@]2(O)C3CC[C@@H]4C[C@@H](O)CC[C@]4(C)C3CC[C@]2(C)[C@H]1c1ccc(=O)oc1.CC(=O)O[C@H]1[C@H]2O[C@]23C2CC[C@@H]4C[C@@H](O)CC[C@]4(C)C2CC[C@]3(C)[C@H]1c1ccc(=O)oc1.CC(=O)O[C@H]1[C@H]2O[C@]23C2CC[C@]4(O)C[C@@H](O)CC[C@]4(C)C2CC[C@]3(C)[C@H]1c1ccc(=O)oc1.C[C@]12CC[C@H](O)C[C@H]1CC[C@@H]1[C@@H]2CC[C@]2(C)C(c3ccc(=O)oc3)CC[C@]12O. The lowest BCUT2D eigenvalue weighted by molar-refractivity contribution is -0.224. The van der Waals surface area contributed by atoms with E-state index in [4.69, 9.17) is 41.4 Å². The number of hydrogen-bond acceptors (Lipinski definition) is 23. The zero-order valence-electron chi connectivity index (χ0n) is 75.4. The van der Waals surface area contributed by atoms with Crippen molar-refractivity contribution in [3.05, 3.63) is 138 Å². The molecule has 2 aliphatic heterocycles. The van der Waals surface area contributed by atoms with Crippen molar-refractivity contribution in [2.75, 3.05) is 0 Å². The summed E-state index contributed by atoms with van der Waals surface area (Å²) in [7, 11) is 0. The summed E-state index contributed by atoms with van der Waals surface area (Å²) >= 11 is 0. The zero-order valence-corrected chi connectivity index (χ0v) is 75.4. The van der Waals surface area contributed by atoms with Crippen molar-refractivity contribution in [1.29, 1.82) is 0 Å². The van der Waals surface area contributed by atoms with Gasteiger partial charge in [-0.2, -0.15) is 0 Å². The topological polar surface area (TPSA) is 366 Å². The number of esters is 3. The van der Waals surface area contributed by atoms with Crippen LogP contribution in [-0.4, -0.2) is 137 Å². The normalized spacial score (nSPS) is 50.4. The summed E-state index contributed by atoms with van der Waals surface area (Å²) in [6.45, 7) is 22.8. The summed E-state index contributed by atoms with van der Waals surface area (Å²) < 4.78 is 51.7. The van der Waals surface area contributed by atoms with Crippen LogP contribution in [0.2, 0.25) is 0 Å². The Morgan fingerprint density at radius 3 is 1.13 bits per heavy atom. The maximum atomic E-state index is 12.5. The van der Waals surface area contributed by atoms with E-state index < -0.39 is 57.4 Å². The van der Waals surface area contributed by atoms with E-state index in [1.165, 1.54) is 64.0 Å². The van der Waals surface area contributed by atoms with Gasteiger partial charge in [-0.05, 0) is 325 Å². The Bertz CT molecular complexity index is 4850. The second-order valence-electron chi connectivity index (χ2n) is 45.8. The van der Waals surface area contributed by atoms with Crippen LogP contribution in [0.15, 0.2) is 110 Å². The molecular weight excluding hydrogens is 1590 g/mol. The first-order valence-electron chi connectivity index (χ1n) is 48.2. The quantitative estimate of drug-likeness (QED) is 0.0513. The molecule has 4 aromatic rings. The van der Waals surface area contributed by atoms with Crippen LogP contribution in [0.5, 0.6) is 0 Å². The Kier molecular flexibility index (Phi) is 21.7. The molecule has 2 saturated heterocycles. The third-order valence-electron chi connectivity index (χ3n) is 41.2. The second-order valence-corrected chi connectivity index (χ2v) is 45.8. The molecule has 18 fully saturated rings. The molecule has 18 aliphatic rings. The van der Waals surface area contributed by atoms with Gasteiger partial charge in [0.2, 0.25) is 0 Å². The van der Waals surface area contributed by atoms with Crippen molar-refractivity contribution >= 4 is 17.9 Å². The first kappa shape index (κ1) is 88.1. The van der Waals surface area contributed by atoms with Crippen molar-refractivity contribution in [3.63, 3.8) is 0 Å². The molecule has 23 heteroatoms. The van der Waals surface area contributed by atoms with Gasteiger partial charge in [0, 0.05) is 97.3 Å². The molecule has 684 valence electrons. The Morgan fingerprint density at radius 2 is 0.696 bits per heavy atom. The molecule has 6 heterocycles. The van der Waals surface area contributed by atoms with Crippen LogP contribution in [0.25, 0.3) is 0 Å². The standard InChI is InChI=1S/C26H34O7.C26H34O6.C26H36O6.C24H34O4/c1-14(27)32-21-20(15-4-5-19(29)31-13-15)24(3)10-7-17-18(26(24)22(21)33-26)8-11-25(30)12-16(28)6-9-23(17,25)2;1-14(27)31-22-21(15-4-7-20(29)30-13-15)25(3)11-9-18-19(26(25)23(22)32-26)6-5-16-12-17(28)8-10-24(16,18)2;1-15(27)32-21-13-26(30)20-6-5-17-12-18(28)8-10-24(17,2)19(20)9-11-25(26,3)23(21)16-4-7-22(29)31-14-16;1-22-10-7-17(25)13-16(22)4-5-20-19(22)8-11-23(2)18(9-12-24(20,23)27)15-3-6-21(26)28-14-15/h4-5,13,16-18,20-22,28,30H,6-12H2,1-3H3;4,7,13,16-19,21-23,28H,5-6,8-12H2,1-3H3;4,7,14,17-21,23,28,30H,5-6,8-13H2,1-3H3;3,6,14,16-20,25,27H,4-5,7-13H2,1-2H3/t16-,17?,18?,20-,21+,22+,23+,24+,25-,26+;16-,17+,18?,19?,21+,22-,23-,24+,25-,26-;17-,18+,19?,20?,21+,23+,24+,25-,26+;16-,17+,18?,19+,20-,22+,23-,24+/m0111/s1. The van der Waals surface area contributed by atoms with Crippen LogP contribution >= 0.6 is 0 Å². The van der Waals surface area contributed by atoms with E-state index in [2.05, 4.69) is 55.4 Å². The predicted molar refractivity (Wildman–Crippen MR) is 458 cm³/mol. The number of carbonyl (C=O) groups excluding carboxylic acids is 3. The highest BCUT2D eigenvalue weighted by atomic mass is 16.7. The lowest BCUT2D eigenvalue weighted by Crippen LogP contribution is -2.65. The van der Waals surface area contributed by atoms with Gasteiger partial charge in [0.15, 0.2) is 0 Å². The molecule has 23 nitrogen and oxygen atoms in total. The number of epoxide rings is 2. The Labute approximate surface area is 733 Å². The molecule has 22 rings (SSSR count). The summed E-state index contributed by atoms with van der Waals surface area (Å²) in [5, 5.41) is 77.4. The molecular formula is C102H138O23. The summed E-state index contributed by atoms with van der Waals surface area (Å²) in [4.78, 5) is 82.4. The van der Waals surface area contributed by atoms with Gasteiger partial charge >= 0.3 is 40.4 Å². The van der Waals surface area contributed by atoms with Crippen LogP contribution in [0, 0.1) is 108 Å². The summed E-state index contributed by atoms with van der Waals surface area (Å²) in [5.41, 5.74) is -1.71. The monoisotopic (exact) mass is 1730 g/mol. The van der Waals surface area contributed by atoms with E-state index in [1.807, 2.05) is 12.1 Å². The lowest BCUT2D eigenvalue weighted by atomic mass is 9.42. The molecule has 0 aromatic carbocycles. The maximum Gasteiger partial charge on any atom is 0.335 e. The van der Waals surface area contributed by atoms with Gasteiger partial charge in [0.25, 0.3) is 0 Å². The largest absolute Gasteiger partial charge is 0.462 e. The van der Waals surface area contributed by atoms with Gasteiger partial charge in [0.05, 0.1) is 66.3 Å². The van der Waals surface area contributed by atoms with Crippen LogP contribution in [0.4, 0.5) is 0 Å². The molecule has 0 bridgehead atoms. The van der Waals surface area contributed by atoms with Crippen LogP contribution in [0.3, 0.4) is 0 Å². The van der Waals surface area contributed by atoms with Crippen molar-refractivity contribution in [1.82, 2.24) is 0 Å². The molecule has 7 unspecified atom stereocenters. The smallest absolute Gasteiger partial charge is 0.335 e. The van der Waals surface area contributed by atoms with Gasteiger partial charge in [-0.15, -0.1) is 0 Å². The van der Waals surface area contributed by atoms with Crippen LogP contribution in [0.1, 0.15) is 321 Å². The highest BCUT2D eigenvalue weighted by Gasteiger charge is 2.87. The van der Waals surface area contributed by atoms with E-state index in [1.54, 1.807) is 24.7 Å². The van der Waals surface area contributed by atoms with Crippen molar-refractivity contribution in [2.45, 2.75) is 382 Å². The average Bonchev–Trinajstić information content (AvgIpc) is 1.47. The summed E-state index contributed by atoms with van der Waals surface area (Å²) in [6.07, 6.45) is 32.4. The van der Waals surface area contributed by atoms with E-state index in [9.17, 15) is 69.3 Å². The van der Waals surface area contributed by atoms with Crippen LogP contribution in [-0.2, 0) is 38.1 Å². The number of aliphatic hydroxyl groups is 7. The Balaban J connectivity index is 0.000000109. The molecule has 37 atom stereocenters. The highest BCUT2D eigenvalue weighted by Crippen LogP contribution is 2.82. The molecule has 16 saturated carbocycles. The van der Waals surface area contributed by atoms with Crippen LogP contribution < -0.4 is 22.5 Å². The first-order chi connectivity index (χ1) is 59.1. The molecule has 16 aliphatic carbocycles. The zero-order chi connectivity index (χ0) is 88.5. The minimum atomic E-state index is -0.957. The van der Waals surface area contributed by atoms with Gasteiger partial charge in [-0.1, -0.05) is 55.4 Å². The molecule has 0 amide bonds. The molecule has 125 heavy (non-hydrogen) atoms. The van der Waals surface area contributed by atoms with Crippen molar-refractivity contribution < 1.29 is 91.5 Å². The summed E-state index contributed by atoms with van der Waals surface area (Å²) in [5.74, 6) is 3.55. The number of rotatable bonds is 7. The third kappa shape index (κ3) is 13.1. The fraction of sp³-hybridized carbons (Fsp3) is 0.775. The average molecular weight is 1730 g/mol. The summed E-state index contributed by atoms with van der Waals surface area (Å²) in [6, 6.07) is 13.1. The number of carbonyl (C=O) groups is 3. The molecule has 4 aromatic heterocycles. The lowest BCUT2D eigenvalue weighted by Gasteiger charge is -2.63. The Morgan fingerprint density at radius 1 is 0.336 bits per heavy atom. The first-order valence-corrected chi connectivity index (χ1v) is 48.2. The molecule has 2 spiro atoms. The Hall–Kier alpha value is -6.15. The van der Waals surface area contributed by atoms with Gasteiger partial charge < -0.3 is 77.1 Å². The number of hydrogen-bond donors (Lipinski definition) is 7. The fourth-order valence-corrected chi connectivity index (χ4v) is 35.2. The van der Waals surface area contributed by atoms with Crippen molar-refractivity contribution in [2.24, 2.45) is 108 Å². The van der Waals surface area contributed by atoms with E-state index in [0.717, 1.165) is 196 Å². The number of fused-ring (bicyclic) bond motifs is 16. The minimum Gasteiger partial charge on any atom is -0.462 e. The maximum absolute atomic E-state index is 12.5. The third-order valence-corrected chi connectivity index (χ3v) is 41.2. The predicted octanol–water partition coefficient (Wildman–Crippen LogP) is 14.7. The highest BCUT2D eigenvalue weighted by molar-refractivity contribution is 5.68. The van der Waals surface area contributed by atoms with E-state index in [-0.39, 0.29) is 151 Å². The van der Waals surface area contributed by atoms with E-state index >= 15 is 0 Å². The minimum absolute atomic E-state index is 0.0471. The van der Waals surface area contributed by atoms with Gasteiger partial charge in [-0.3, -0.25) is 14.4 Å². The fourth-order valence-electron chi connectivity index (χ4n) is 35.2. The molecule has 7 N–H and O–H groups in total. The van der Waals surface area contributed by atoms with E-state index in [0.29, 0.717) is 66.6 Å².